The Kier molecular flexibility index (Phi) is 2.77. The van der Waals surface area contributed by atoms with Crippen LogP contribution in [0.5, 0.6) is 0 Å². The molecule has 0 heterocycles. The summed E-state index contributed by atoms with van der Waals surface area (Å²) in [5.41, 5.74) is 0. The van der Waals surface area contributed by atoms with Crippen molar-refractivity contribution in [3.05, 3.63) is 0 Å². The number of Topliss-reactive ketones (excluding diaryl/α,β-unsaturated/α-hetero) is 1. The maximum absolute atomic E-state index is 11.7. The minimum absolute atomic E-state index is 0.819. The second-order valence-electron chi connectivity index (χ2n) is 1.34. The van der Waals surface area contributed by atoms with Crippen LogP contribution in [0.15, 0.2) is 0 Å². The zero-order valence-corrected chi connectivity index (χ0v) is 4.56. The van der Waals surface area contributed by atoms with E-state index in [0.29, 0.717) is 0 Å². The predicted octanol–water partition coefficient (Wildman–Crippen LogP) is 0.341. The van der Waals surface area contributed by atoms with Crippen LogP contribution in [0.4, 0.5) is 8.92 Å². The van der Waals surface area contributed by atoms with E-state index in [-0.39, 0.29) is 0 Å². The third-order valence-electron chi connectivity index (χ3n) is 0.633. The van der Waals surface area contributed by atoms with Gasteiger partial charge in [-0.15, -0.1) is 0 Å². The molecule has 0 amide bonds. The minimum Gasteiger partial charge on any atom is -0.283 e. The van der Waals surface area contributed by atoms with E-state index in [1.54, 1.807) is 0 Å². The maximum atomic E-state index is 11.7. The van der Waals surface area contributed by atoms with Gasteiger partial charge in [0.1, 0.15) is 0 Å². The molecule has 5 heteroatoms. The molecular formula is C4H4F2O3. The van der Waals surface area contributed by atoms with E-state index in [9.17, 15) is 18.5 Å². The quantitative estimate of drug-likeness (QED) is 0.517. The fraction of sp³-hybridized carbons (Fsp3) is 0.500. The van der Waals surface area contributed by atoms with Gasteiger partial charge in [-0.25, -0.2) is 14.1 Å². The van der Waals surface area contributed by atoms with E-state index >= 15 is 0 Å². The van der Waals surface area contributed by atoms with Crippen molar-refractivity contribution >= 4 is 11.8 Å². The fourth-order valence-corrected chi connectivity index (χ4v) is 0.200. The topological polar surface area (TPSA) is 43.4 Å². The molecule has 0 saturated carbocycles. The highest BCUT2D eigenvalue weighted by Gasteiger charge is 2.22. The number of rotatable bonds is 2. The molecule has 1 unspecified atom stereocenters. The number of carbonyl (C=O) groups is 2. The first-order valence-corrected chi connectivity index (χ1v) is 2.10. The Morgan fingerprint density at radius 1 is 1.56 bits per heavy atom. The molecule has 1 atom stereocenters. The zero-order chi connectivity index (χ0) is 7.44. The van der Waals surface area contributed by atoms with Crippen LogP contribution >= 0.6 is 0 Å². The number of hydrogen-bond acceptors (Lipinski definition) is 3. The van der Waals surface area contributed by atoms with Crippen molar-refractivity contribution in [1.29, 1.82) is 0 Å². The van der Waals surface area contributed by atoms with E-state index in [4.69, 9.17) is 0 Å². The van der Waals surface area contributed by atoms with Crippen LogP contribution in [0.2, 0.25) is 0 Å². The Labute approximate surface area is 49.5 Å². The van der Waals surface area contributed by atoms with Crippen LogP contribution in [0, 0.1) is 0 Å². The maximum Gasteiger partial charge on any atom is 0.417 e. The number of carbonyl (C=O) groups excluding carboxylic acids is 2. The van der Waals surface area contributed by atoms with E-state index in [2.05, 4.69) is 4.94 Å². The van der Waals surface area contributed by atoms with Crippen LogP contribution in [-0.2, 0) is 14.5 Å². The highest BCUT2D eigenvalue weighted by atomic mass is 19.3. The third-order valence-corrected chi connectivity index (χ3v) is 0.633. The molecule has 0 aromatic heterocycles. The summed E-state index contributed by atoms with van der Waals surface area (Å²) in [4.78, 5) is 22.2. The van der Waals surface area contributed by atoms with Crippen molar-refractivity contribution in [2.24, 2.45) is 0 Å². The first-order valence-electron chi connectivity index (χ1n) is 2.10. The van der Waals surface area contributed by atoms with Gasteiger partial charge >= 0.3 is 5.97 Å². The lowest BCUT2D eigenvalue weighted by molar-refractivity contribution is -0.187. The van der Waals surface area contributed by atoms with Gasteiger partial charge < -0.3 is 0 Å². The normalized spacial score (nSPS) is 12.3. The summed E-state index contributed by atoms with van der Waals surface area (Å²) in [6, 6.07) is 0. The Morgan fingerprint density at radius 2 is 2.00 bits per heavy atom. The van der Waals surface area contributed by atoms with E-state index in [0.717, 1.165) is 6.92 Å². The lowest BCUT2D eigenvalue weighted by Crippen LogP contribution is -2.22. The van der Waals surface area contributed by atoms with Crippen LogP contribution in [0.25, 0.3) is 0 Å². The summed E-state index contributed by atoms with van der Waals surface area (Å²) in [7, 11) is 0. The second-order valence-corrected chi connectivity index (χ2v) is 1.34. The van der Waals surface area contributed by atoms with Crippen LogP contribution in [-0.4, -0.2) is 17.9 Å². The molecule has 3 nitrogen and oxygen atoms in total. The standard InChI is InChI=1S/C4H4F2O3/c1-2(5)3(7)4(8)9-6/h2H,1H3. The number of alkyl halides is 1. The number of ketones is 1. The average molecular weight is 138 g/mol. The molecule has 0 aromatic rings. The highest BCUT2D eigenvalue weighted by Crippen LogP contribution is 1.92. The SMILES string of the molecule is CC(F)C(=O)C(=O)OF. The van der Waals surface area contributed by atoms with Gasteiger partial charge in [-0.2, -0.15) is 0 Å². The zero-order valence-electron chi connectivity index (χ0n) is 4.56. The van der Waals surface area contributed by atoms with E-state index < -0.39 is 17.9 Å². The lowest BCUT2D eigenvalue weighted by Gasteiger charge is -1.92. The van der Waals surface area contributed by atoms with Gasteiger partial charge in [-0.05, 0) is 6.92 Å². The largest absolute Gasteiger partial charge is 0.417 e. The molecule has 0 N–H and O–H groups in total. The van der Waals surface area contributed by atoms with Crippen molar-refractivity contribution < 1.29 is 23.4 Å². The molecular weight excluding hydrogens is 134 g/mol. The summed E-state index contributed by atoms with van der Waals surface area (Å²) >= 11 is 0. The highest BCUT2D eigenvalue weighted by molar-refractivity contribution is 6.35. The molecule has 0 aliphatic rings. The van der Waals surface area contributed by atoms with Gasteiger partial charge in [0.2, 0.25) is 0 Å². The smallest absolute Gasteiger partial charge is 0.283 e. The van der Waals surface area contributed by atoms with Crippen LogP contribution in [0.1, 0.15) is 6.92 Å². The van der Waals surface area contributed by atoms with Crippen LogP contribution in [0.3, 0.4) is 0 Å². The molecule has 9 heavy (non-hydrogen) atoms. The number of halogens is 2. The summed E-state index contributed by atoms with van der Waals surface area (Å²) in [6.07, 6.45) is -2.01. The van der Waals surface area contributed by atoms with Gasteiger partial charge in [0.15, 0.2) is 6.17 Å². The second kappa shape index (κ2) is 3.11. The van der Waals surface area contributed by atoms with E-state index in [1.165, 1.54) is 0 Å². The van der Waals surface area contributed by atoms with Crippen molar-refractivity contribution in [3.63, 3.8) is 0 Å². The van der Waals surface area contributed by atoms with Gasteiger partial charge in [-0.1, -0.05) is 0 Å². The molecule has 0 radical (unpaired) electrons. The lowest BCUT2D eigenvalue weighted by atomic mass is 10.3. The van der Waals surface area contributed by atoms with Crippen molar-refractivity contribution in [2.75, 3.05) is 0 Å². The molecule has 0 fully saturated rings. The summed E-state index contributed by atoms with van der Waals surface area (Å²) < 4.78 is 22.5. The van der Waals surface area contributed by atoms with Gasteiger partial charge in [0, 0.05) is 4.53 Å². The Balaban J connectivity index is 3.89. The average Bonchev–Trinajstić information content (AvgIpc) is 1.84. The number of hydrogen-bond donors (Lipinski definition) is 0. The first kappa shape index (κ1) is 8.00. The predicted molar refractivity (Wildman–Crippen MR) is 22.8 cm³/mol. The molecule has 0 bridgehead atoms. The minimum atomic E-state index is -2.01. The Hall–Kier alpha value is -1.00. The molecule has 52 valence electrons. The summed E-state index contributed by atoms with van der Waals surface area (Å²) in [6.45, 7) is 0.819. The fourth-order valence-electron chi connectivity index (χ4n) is 0.200. The van der Waals surface area contributed by atoms with Crippen molar-refractivity contribution in [3.8, 4) is 0 Å². The van der Waals surface area contributed by atoms with Crippen molar-refractivity contribution in [1.82, 2.24) is 0 Å². The van der Waals surface area contributed by atoms with E-state index in [1.807, 2.05) is 0 Å². The first-order chi connectivity index (χ1) is 4.09. The monoisotopic (exact) mass is 138 g/mol. The molecule has 0 aromatic carbocycles. The summed E-state index contributed by atoms with van der Waals surface area (Å²) in [5.74, 6) is -3.32. The summed E-state index contributed by atoms with van der Waals surface area (Å²) in [5, 5.41) is 0. The Bertz CT molecular complexity index is 132. The molecule has 0 aliphatic heterocycles. The van der Waals surface area contributed by atoms with Crippen molar-refractivity contribution in [2.45, 2.75) is 13.1 Å². The van der Waals surface area contributed by atoms with Gasteiger partial charge in [-0.3, -0.25) is 4.79 Å². The van der Waals surface area contributed by atoms with Crippen LogP contribution < -0.4 is 0 Å². The molecule has 0 aliphatic carbocycles. The third kappa shape index (κ3) is 2.16. The van der Waals surface area contributed by atoms with Gasteiger partial charge in [0.05, 0.1) is 0 Å². The molecule has 0 rings (SSSR count). The molecule has 0 spiro atoms. The molecule has 0 saturated heterocycles. The Morgan fingerprint density at radius 3 is 2.11 bits per heavy atom. The van der Waals surface area contributed by atoms with Gasteiger partial charge in [0.25, 0.3) is 5.78 Å².